The lowest BCUT2D eigenvalue weighted by Gasteiger charge is -2.22. The fourth-order valence-corrected chi connectivity index (χ4v) is 1.43. The highest BCUT2D eigenvalue weighted by Gasteiger charge is 2.06. The van der Waals surface area contributed by atoms with Crippen LogP contribution in [-0.2, 0) is 0 Å². The number of aliphatic hydroxyl groups excluding tert-OH is 1. The molecule has 1 aromatic heterocycles. The molecule has 0 spiro atoms. The van der Waals surface area contributed by atoms with Crippen LogP contribution in [0.5, 0.6) is 0 Å². The molecule has 0 amide bonds. The second kappa shape index (κ2) is 6.35. The molecule has 0 aliphatic carbocycles. The normalized spacial score (nSPS) is 10.3. The smallest absolute Gasteiger partial charge is 0.132 e. The third-order valence-electron chi connectivity index (χ3n) is 2.24. The van der Waals surface area contributed by atoms with Gasteiger partial charge in [0.2, 0.25) is 0 Å². The largest absolute Gasteiger partial charge is 0.395 e. The van der Waals surface area contributed by atoms with E-state index in [1.807, 2.05) is 13.0 Å². The maximum absolute atomic E-state index is 8.98. The first-order valence-corrected chi connectivity index (χ1v) is 5.43. The Morgan fingerprint density at radius 2 is 2.20 bits per heavy atom. The zero-order chi connectivity index (χ0) is 11.1. The van der Waals surface area contributed by atoms with Crippen LogP contribution in [0.2, 0.25) is 0 Å². The third-order valence-corrected chi connectivity index (χ3v) is 2.24. The Bertz CT molecular complexity index is 291. The van der Waals surface area contributed by atoms with E-state index >= 15 is 0 Å². The summed E-state index contributed by atoms with van der Waals surface area (Å²) in [7, 11) is 0. The fraction of sp³-hybridized carbons (Fsp3) is 0.636. The standard InChI is InChI=1S/C11H19N3O/c1-3-4-7-14(8-9-15)11-5-6-12-10(2)13-11/h5-6,15H,3-4,7-9H2,1-2H3. The minimum absolute atomic E-state index is 0.159. The number of anilines is 1. The van der Waals surface area contributed by atoms with Gasteiger partial charge in [0.15, 0.2) is 0 Å². The van der Waals surface area contributed by atoms with Crippen LogP contribution in [0, 0.1) is 6.92 Å². The quantitative estimate of drug-likeness (QED) is 0.769. The third kappa shape index (κ3) is 3.83. The summed E-state index contributed by atoms with van der Waals surface area (Å²) in [6.07, 6.45) is 4.02. The molecule has 1 heterocycles. The average molecular weight is 209 g/mol. The summed E-state index contributed by atoms with van der Waals surface area (Å²) >= 11 is 0. The maximum atomic E-state index is 8.98. The van der Waals surface area contributed by atoms with Gasteiger partial charge < -0.3 is 10.0 Å². The molecule has 15 heavy (non-hydrogen) atoms. The van der Waals surface area contributed by atoms with E-state index in [9.17, 15) is 0 Å². The molecule has 0 aliphatic heterocycles. The minimum Gasteiger partial charge on any atom is -0.395 e. The van der Waals surface area contributed by atoms with Crippen molar-refractivity contribution < 1.29 is 5.11 Å². The van der Waals surface area contributed by atoms with Gasteiger partial charge >= 0.3 is 0 Å². The van der Waals surface area contributed by atoms with Gasteiger partial charge in [-0.25, -0.2) is 9.97 Å². The fourth-order valence-electron chi connectivity index (χ4n) is 1.43. The van der Waals surface area contributed by atoms with Gasteiger partial charge in [-0.05, 0) is 19.4 Å². The molecule has 0 atom stereocenters. The van der Waals surface area contributed by atoms with Gasteiger partial charge in [-0.2, -0.15) is 0 Å². The summed E-state index contributed by atoms with van der Waals surface area (Å²) in [6, 6.07) is 1.89. The average Bonchev–Trinajstić information content (AvgIpc) is 2.24. The summed E-state index contributed by atoms with van der Waals surface area (Å²) in [5, 5.41) is 8.98. The number of nitrogens with zero attached hydrogens (tertiary/aromatic N) is 3. The van der Waals surface area contributed by atoms with Gasteiger partial charge in [0, 0.05) is 19.3 Å². The zero-order valence-corrected chi connectivity index (χ0v) is 9.48. The summed E-state index contributed by atoms with van der Waals surface area (Å²) in [6.45, 7) is 5.76. The highest BCUT2D eigenvalue weighted by Crippen LogP contribution is 2.10. The predicted octanol–water partition coefficient (Wildman–Crippen LogP) is 1.38. The van der Waals surface area contributed by atoms with Crippen molar-refractivity contribution in [2.45, 2.75) is 26.7 Å². The highest BCUT2D eigenvalue weighted by atomic mass is 16.3. The predicted molar refractivity (Wildman–Crippen MR) is 61.0 cm³/mol. The van der Waals surface area contributed by atoms with E-state index < -0.39 is 0 Å². The van der Waals surface area contributed by atoms with Crippen molar-refractivity contribution in [2.75, 3.05) is 24.6 Å². The van der Waals surface area contributed by atoms with E-state index in [1.54, 1.807) is 6.20 Å². The molecule has 0 saturated heterocycles. The number of aromatic nitrogens is 2. The lowest BCUT2D eigenvalue weighted by Crippen LogP contribution is -2.28. The Hall–Kier alpha value is -1.16. The van der Waals surface area contributed by atoms with Crippen LogP contribution in [0.4, 0.5) is 5.82 Å². The molecule has 84 valence electrons. The summed E-state index contributed by atoms with van der Waals surface area (Å²) in [5.41, 5.74) is 0. The van der Waals surface area contributed by atoms with Gasteiger partial charge in [0.1, 0.15) is 11.6 Å². The van der Waals surface area contributed by atoms with Crippen LogP contribution in [0.15, 0.2) is 12.3 Å². The molecule has 4 heteroatoms. The van der Waals surface area contributed by atoms with Crippen LogP contribution >= 0.6 is 0 Å². The van der Waals surface area contributed by atoms with Gasteiger partial charge in [0.05, 0.1) is 6.61 Å². The van der Waals surface area contributed by atoms with Gasteiger partial charge in [-0.3, -0.25) is 0 Å². The minimum atomic E-state index is 0.159. The number of hydrogen-bond donors (Lipinski definition) is 1. The van der Waals surface area contributed by atoms with Crippen molar-refractivity contribution in [3.8, 4) is 0 Å². The van der Waals surface area contributed by atoms with Crippen LogP contribution in [0.25, 0.3) is 0 Å². The van der Waals surface area contributed by atoms with Crippen LogP contribution in [0.1, 0.15) is 25.6 Å². The molecule has 1 rings (SSSR count). The molecule has 4 nitrogen and oxygen atoms in total. The molecular formula is C11H19N3O. The lowest BCUT2D eigenvalue weighted by molar-refractivity contribution is 0.301. The molecule has 0 aromatic carbocycles. The molecular weight excluding hydrogens is 190 g/mol. The first kappa shape index (κ1) is 11.9. The van der Waals surface area contributed by atoms with Gasteiger partial charge in [-0.1, -0.05) is 13.3 Å². The molecule has 0 unspecified atom stereocenters. The van der Waals surface area contributed by atoms with E-state index in [0.29, 0.717) is 6.54 Å². The second-order valence-electron chi connectivity index (χ2n) is 3.53. The highest BCUT2D eigenvalue weighted by molar-refractivity contribution is 5.37. The number of hydrogen-bond acceptors (Lipinski definition) is 4. The molecule has 0 bridgehead atoms. The second-order valence-corrected chi connectivity index (χ2v) is 3.53. The van der Waals surface area contributed by atoms with Crippen molar-refractivity contribution in [3.05, 3.63) is 18.1 Å². The van der Waals surface area contributed by atoms with Crippen LogP contribution in [0.3, 0.4) is 0 Å². The first-order valence-electron chi connectivity index (χ1n) is 5.43. The molecule has 1 aromatic rings. The number of aliphatic hydroxyl groups is 1. The Morgan fingerprint density at radius 3 is 2.80 bits per heavy atom. The Morgan fingerprint density at radius 1 is 1.40 bits per heavy atom. The number of aryl methyl sites for hydroxylation is 1. The van der Waals surface area contributed by atoms with Crippen LogP contribution < -0.4 is 4.90 Å². The van der Waals surface area contributed by atoms with E-state index in [4.69, 9.17) is 5.11 Å². The lowest BCUT2D eigenvalue weighted by atomic mass is 10.3. The molecule has 0 radical (unpaired) electrons. The Balaban J connectivity index is 2.69. The summed E-state index contributed by atoms with van der Waals surface area (Å²) in [5.74, 6) is 1.68. The maximum Gasteiger partial charge on any atom is 0.132 e. The zero-order valence-electron chi connectivity index (χ0n) is 9.48. The molecule has 0 aliphatic rings. The van der Waals surface area contributed by atoms with Gasteiger partial charge in [-0.15, -0.1) is 0 Å². The van der Waals surface area contributed by atoms with E-state index in [2.05, 4.69) is 21.8 Å². The number of unbranched alkanes of at least 4 members (excludes halogenated alkanes) is 1. The molecule has 1 N–H and O–H groups in total. The topological polar surface area (TPSA) is 49.2 Å². The summed E-state index contributed by atoms with van der Waals surface area (Å²) < 4.78 is 0. The van der Waals surface area contributed by atoms with E-state index in [1.165, 1.54) is 0 Å². The first-order chi connectivity index (χ1) is 7.27. The van der Waals surface area contributed by atoms with Gasteiger partial charge in [0.25, 0.3) is 0 Å². The van der Waals surface area contributed by atoms with E-state index in [-0.39, 0.29) is 6.61 Å². The van der Waals surface area contributed by atoms with Crippen molar-refractivity contribution in [1.29, 1.82) is 0 Å². The van der Waals surface area contributed by atoms with Crippen LogP contribution in [-0.4, -0.2) is 34.8 Å². The van der Waals surface area contributed by atoms with E-state index in [0.717, 1.165) is 31.0 Å². The monoisotopic (exact) mass is 209 g/mol. The van der Waals surface area contributed by atoms with Crippen molar-refractivity contribution in [3.63, 3.8) is 0 Å². The van der Waals surface area contributed by atoms with Crippen molar-refractivity contribution in [1.82, 2.24) is 9.97 Å². The Kier molecular flexibility index (Phi) is 5.04. The molecule has 0 saturated carbocycles. The Labute approximate surface area is 91.0 Å². The number of rotatable bonds is 6. The summed E-state index contributed by atoms with van der Waals surface area (Å²) in [4.78, 5) is 10.5. The van der Waals surface area contributed by atoms with Crippen molar-refractivity contribution >= 4 is 5.82 Å². The van der Waals surface area contributed by atoms with Crippen molar-refractivity contribution in [2.24, 2.45) is 0 Å². The molecule has 0 fully saturated rings. The SMILES string of the molecule is CCCCN(CCO)c1ccnc(C)n1.